The molecule has 0 amide bonds. The van der Waals surface area contributed by atoms with Crippen LogP contribution in [0.3, 0.4) is 0 Å². The number of benzene rings is 3. The number of aromatic nitrogens is 3. The molecular weight excluding hydrogens is 614 g/mol. The Bertz CT molecular complexity index is 1610. The third-order valence-electron chi connectivity index (χ3n) is 5.25. The minimum atomic E-state index is -2.58. The molecule has 5 heteroatoms. The van der Waals surface area contributed by atoms with Gasteiger partial charge in [-0.2, -0.15) is 0 Å². The summed E-state index contributed by atoms with van der Waals surface area (Å²) in [7, 11) is 0. The number of halogens is 1. The van der Waals surface area contributed by atoms with Gasteiger partial charge in [-0.05, 0) is 53.6 Å². The number of nitrogens with zero attached hydrogens (tertiary/aromatic N) is 3. The van der Waals surface area contributed by atoms with Crippen molar-refractivity contribution in [3.8, 4) is 22.5 Å². The van der Waals surface area contributed by atoms with Crippen LogP contribution in [0.2, 0.25) is 0 Å². The van der Waals surface area contributed by atoms with Gasteiger partial charge in [0.15, 0.2) is 0 Å². The van der Waals surface area contributed by atoms with Crippen molar-refractivity contribution in [1.29, 1.82) is 0 Å². The fourth-order valence-corrected chi connectivity index (χ4v) is 3.36. The molecule has 5 aromatic rings. The fraction of sp³-hybridized carbons (Fsp3) is 0.167. The zero-order valence-electron chi connectivity index (χ0n) is 25.1. The molecule has 2 heterocycles. The van der Waals surface area contributed by atoms with Crippen LogP contribution < -0.4 is 0 Å². The van der Waals surface area contributed by atoms with Crippen LogP contribution in [-0.2, 0) is 20.1 Å². The Hall–Kier alpha value is -3.27. The van der Waals surface area contributed by atoms with Gasteiger partial charge in [0.05, 0.1) is 5.52 Å². The molecule has 5 rings (SSSR count). The van der Waals surface area contributed by atoms with Crippen molar-refractivity contribution < 1.29 is 32.7 Å². The molecule has 0 aliphatic carbocycles. The molecule has 0 aliphatic heterocycles. The normalized spacial score (nSPS) is 13.7. The van der Waals surface area contributed by atoms with E-state index in [9.17, 15) is 4.39 Å². The van der Waals surface area contributed by atoms with Gasteiger partial charge >= 0.3 is 0 Å². The van der Waals surface area contributed by atoms with E-state index in [1.54, 1.807) is 6.33 Å². The number of pyridine rings is 1. The molecule has 0 atom stereocenters. The predicted octanol–water partition coefficient (Wildman–Crippen LogP) is 7.52. The van der Waals surface area contributed by atoms with Crippen LogP contribution in [0.15, 0.2) is 79.3 Å². The first kappa shape index (κ1) is 19.0. The quantitative estimate of drug-likeness (QED) is 0.191. The van der Waals surface area contributed by atoms with Crippen molar-refractivity contribution in [3.05, 3.63) is 114 Å². The summed E-state index contributed by atoms with van der Waals surface area (Å²) >= 11 is 0. The molecule has 0 N–H and O–H groups in total. The van der Waals surface area contributed by atoms with Crippen molar-refractivity contribution >= 4 is 10.9 Å². The van der Waals surface area contributed by atoms with Gasteiger partial charge in [-0.3, -0.25) is 9.37 Å². The van der Waals surface area contributed by atoms with Crippen LogP contribution in [0.25, 0.3) is 33.4 Å². The Morgan fingerprint density at radius 3 is 2.43 bits per heavy atom. The van der Waals surface area contributed by atoms with E-state index >= 15 is 0 Å². The van der Waals surface area contributed by atoms with Gasteiger partial charge in [-0.1, -0.05) is 37.6 Å². The van der Waals surface area contributed by atoms with Gasteiger partial charge in [0.25, 0.3) is 0 Å². The Kier molecular flexibility index (Phi) is 6.47. The van der Waals surface area contributed by atoms with Gasteiger partial charge in [0.2, 0.25) is 0 Å². The molecule has 0 aliphatic rings. The largest absolute Gasteiger partial charge is 0.304 e. The van der Waals surface area contributed by atoms with Crippen molar-refractivity contribution in [2.24, 2.45) is 0 Å². The van der Waals surface area contributed by atoms with Crippen LogP contribution in [-0.4, -0.2) is 15.0 Å². The smallest absolute Gasteiger partial charge is 0.106 e. The zero-order valence-corrected chi connectivity index (χ0v) is 21.5. The predicted molar refractivity (Wildman–Crippen MR) is 136 cm³/mol. The minimum Gasteiger partial charge on any atom is -0.304 e. The molecule has 2 aromatic heterocycles. The molecule has 0 bridgehead atoms. The van der Waals surface area contributed by atoms with E-state index in [1.165, 1.54) is 23.8 Å². The standard InChI is InChI=1S/C17H15N2.C13H11FN.Ir/c1-12(2)14-8-9-15-16(10-14)18-11-19-17(15)13-6-4-3-5-7-13;1-9-7-13(15-8-10(9)2)11-3-5-12(14)6-4-11;/h3-6,8-12H,1-2H3;3,5-8H,1-2H3;/q2*-1;/i;1D3,2D3;. The second-order valence-electron chi connectivity index (χ2n) is 7.97. The number of rotatable bonds is 3. The topological polar surface area (TPSA) is 38.7 Å². The van der Waals surface area contributed by atoms with Gasteiger partial charge in [-0.25, -0.2) is 4.98 Å². The zero-order chi connectivity index (χ0) is 29.1. The van der Waals surface area contributed by atoms with E-state index in [4.69, 9.17) is 8.22 Å². The van der Waals surface area contributed by atoms with Crippen LogP contribution in [0.1, 0.15) is 44.7 Å². The summed E-state index contributed by atoms with van der Waals surface area (Å²) < 4.78 is 57.4. The maximum Gasteiger partial charge on any atom is 0.106 e. The summed E-state index contributed by atoms with van der Waals surface area (Å²) in [5, 5.41) is 1.08. The number of fused-ring (bicyclic) bond motifs is 1. The first-order chi connectivity index (χ1) is 18.8. The minimum absolute atomic E-state index is 0. The summed E-state index contributed by atoms with van der Waals surface area (Å²) in [5.74, 6) is 0.0278. The van der Waals surface area contributed by atoms with E-state index in [1.807, 2.05) is 24.3 Å². The molecule has 0 saturated heterocycles. The van der Waals surface area contributed by atoms with Crippen molar-refractivity contribution in [1.82, 2.24) is 15.0 Å². The Balaban J connectivity index is 0.000000221. The first-order valence-corrected chi connectivity index (χ1v) is 10.7. The maximum atomic E-state index is 12.9. The fourth-order valence-electron chi connectivity index (χ4n) is 3.36. The Labute approximate surface area is 228 Å². The van der Waals surface area contributed by atoms with Crippen molar-refractivity contribution in [2.75, 3.05) is 0 Å². The summed E-state index contributed by atoms with van der Waals surface area (Å²) in [4.78, 5) is 12.8. The third kappa shape index (κ3) is 6.45. The molecule has 179 valence electrons. The van der Waals surface area contributed by atoms with Crippen molar-refractivity contribution in [3.63, 3.8) is 0 Å². The molecule has 0 saturated carbocycles. The second-order valence-corrected chi connectivity index (χ2v) is 7.97. The number of aryl methyl sites for hydroxylation is 2. The summed E-state index contributed by atoms with van der Waals surface area (Å²) in [6, 6.07) is 25.1. The summed E-state index contributed by atoms with van der Waals surface area (Å²) in [6.45, 7) is -0.772. The second kappa shape index (κ2) is 11.9. The van der Waals surface area contributed by atoms with E-state index in [0.29, 0.717) is 11.5 Å². The molecule has 0 unspecified atom stereocenters. The Morgan fingerprint density at radius 1 is 0.886 bits per heavy atom. The van der Waals surface area contributed by atoms with E-state index < -0.39 is 19.5 Å². The monoisotopic (exact) mass is 646 g/mol. The molecule has 1 radical (unpaired) electrons. The van der Waals surface area contributed by atoms with Crippen LogP contribution >= 0.6 is 0 Å². The average Bonchev–Trinajstić information content (AvgIpc) is 2.92. The molecule has 3 aromatic carbocycles. The van der Waals surface area contributed by atoms with Gasteiger partial charge in [0, 0.05) is 40.3 Å². The molecule has 0 fully saturated rings. The molecule has 35 heavy (non-hydrogen) atoms. The summed E-state index contributed by atoms with van der Waals surface area (Å²) in [6.07, 6.45) is 2.66. The van der Waals surface area contributed by atoms with Gasteiger partial charge < -0.3 is 4.98 Å². The van der Waals surface area contributed by atoms with Gasteiger partial charge in [-0.15, -0.1) is 65.7 Å². The number of hydrogen-bond acceptors (Lipinski definition) is 3. The Morgan fingerprint density at radius 2 is 1.74 bits per heavy atom. The van der Waals surface area contributed by atoms with Crippen LogP contribution in [0.4, 0.5) is 4.39 Å². The maximum absolute atomic E-state index is 12.9. The van der Waals surface area contributed by atoms with Crippen LogP contribution in [0.5, 0.6) is 0 Å². The van der Waals surface area contributed by atoms with Crippen LogP contribution in [0, 0.1) is 31.7 Å². The van der Waals surface area contributed by atoms with E-state index in [-0.39, 0.29) is 36.9 Å². The van der Waals surface area contributed by atoms with Crippen molar-refractivity contribution in [2.45, 2.75) is 33.5 Å². The molecule has 3 nitrogen and oxygen atoms in total. The number of hydrogen-bond donors (Lipinski definition) is 0. The van der Waals surface area contributed by atoms with E-state index in [0.717, 1.165) is 34.4 Å². The molecular formula is C30H26FIrN3-2. The van der Waals surface area contributed by atoms with Gasteiger partial charge in [0.1, 0.15) is 6.33 Å². The van der Waals surface area contributed by atoms with E-state index in [2.05, 4.69) is 59.1 Å². The third-order valence-corrected chi connectivity index (χ3v) is 5.25. The SMILES string of the molecule is CC(C)c1ccc2c(-c3[c-]cccc3)ncnc2c1.[2H]C([2H])([2H])c1cnc(-c2[c-]cc(F)cc2)cc1C([2H])([2H])[2H].[Ir]. The average molecular weight is 646 g/mol. The summed E-state index contributed by atoms with van der Waals surface area (Å²) in [5.41, 5.74) is 4.27. The molecule has 0 spiro atoms. The first-order valence-electron chi connectivity index (χ1n) is 13.7.